The molecule has 3 N–H and O–H groups in total. The molecular formula is C27H27N3O9S. The van der Waals surface area contributed by atoms with E-state index in [0.717, 1.165) is 13.8 Å². The number of nitrogens with one attached hydrogen (secondary N) is 2. The first-order valence-corrected chi connectivity index (χ1v) is 13.1. The molecule has 2 aliphatic rings. The number of carbonyl (C=O) groups is 6. The van der Waals surface area contributed by atoms with Crippen LogP contribution in [0.2, 0.25) is 0 Å². The molecule has 2 aliphatic heterocycles. The fourth-order valence-corrected chi connectivity index (χ4v) is 6.34. The van der Waals surface area contributed by atoms with Crippen molar-refractivity contribution in [3.8, 4) is 11.5 Å². The van der Waals surface area contributed by atoms with Crippen molar-refractivity contribution in [3.05, 3.63) is 59.7 Å². The van der Waals surface area contributed by atoms with Crippen LogP contribution in [0.3, 0.4) is 0 Å². The fourth-order valence-electron chi connectivity index (χ4n) is 4.72. The lowest BCUT2D eigenvalue weighted by atomic mass is 9.95. The Hall–Kier alpha value is -4.39. The summed E-state index contributed by atoms with van der Waals surface area (Å²) in [6, 6.07) is 9.03. The summed E-state index contributed by atoms with van der Waals surface area (Å²) in [5.41, 5.74) is 0.218. The van der Waals surface area contributed by atoms with E-state index in [4.69, 9.17) is 9.47 Å². The van der Waals surface area contributed by atoms with Crippen molar-refractivity contribution in [2.45, 2.75) is 55.9 Å². The monoisotopic (exact) mass is 569 g/mol. The first-order valence-electron chi connectivity index (χ1n) is 12.2. The van der Waals surface area contributed by atoms with Crippen LogP contribution in [-0.4, -0.2) is 67.8 Å². The SMILES string of the molecule is CC(=O)Oc1cccc(C(=O)NC(C(=O)N[C@@H]2C(=O)N3[C@@H]2SC(C)(C)[C@@H]3C(=O)O)c2ccccc2)c1OC(C)=O. The molecule has 0 saturated carbocycles. The van der Waals surface area contributed by atoms with E-state index in [9.17, 15) is 33.9 Å². The number of carbonyl (C=O) groups excluding carboxylic acids is 5. The fraction of sp³-hybridized carbons (Fsp3) is 0.333. The van der Waals surface area contributed by atoms with Crippen LogP contribution in [0, 0.1) is 0 Å². The van der Waals surface area contributed by atoms with Crippen molar-refractivity contribution in [2.75, 3.05) is 0 Å². The van der Waals surface area contributed by atoms with Gasteiger partial charge in [0.25, 0.3) is 5.91 Å². The van der Waals surface area contributed by atoms with E-state index in [0.29, 0.717) is 5.56 Å². The highest BCUT2D eigenvalue weighted by molar-refractivity contribution is 8.01. The number of esters is 2. The Bertz CT molecular complexity index is 1390. The Balaban J connectivity index is 1.61. The third-order valence-electron chi connectivity index (χ3n) is 6.37. The van der Waals surface area contributed by atoms with Gasteiger partial charge in [0.05, 0.1) is 5.56 Å². The van der Waals surface area contributed by atoms with Crippen LogP contribution in [0.4, 0.5) is 0 Å². The average molecular weight is 570 g/mol. The number of para-hydroxylation sites is 1. The topological polar surface area (TPSA) is 168 Å². The maximum absolute atomic E-state index is 13.5. The van der Waals surface area contributed by atoms with E-state index in [1.165, 1.54) is 34.9 Å². The molecule has 4 atom stereocenters. The van der Waals surface area contributed by atoms with Gasteiger partial charge in [0, 0.05) is 18.6 Å². The number of ether oxygens (including phenoxy) is 2. The number of nitrogens with zero attached hydrogens (tertiary/aromatic N) is 1. The van der Waals surface area contributed by atoms with Crippen molar-refractivity contribution in [2.24, 2.45) is 0 Å². The number of thioether (sulfide) groups is 1. The number of rotatable bonds is 8. The van der Waals surface area contributed by atoms with E-state index >= 15 is 0 Å². The number of β-lactam (4-membered cyclic amide) rings is 1. The molecule has 13 heteroatoms. The first kappa shape index (κ1) is 28.6. The lowest BCUT2D eigenvalue weighted by Crippen LogP contribution is -2.71. The number of aliphatic carboxylic acids is 1. The quantitative estimate of drug-likeness (QED) is 0.241. The van der Waals surface area contributed by atoms with Crippen LogP contribution < -0.4 is 20.1 Å². The summed E-state index contributed by atoms with van der Waals surface area (Å²) in [5, 5.41) is 14.3. The number of benzene rings is 2. The van der Waals surface area contributed by atoms with Gasteiger partial charge in [-0.2, -0.15) is 0 Å². The Kier molecular flexibility index (Phi) is 7.87. The summed E-state index contributed by atoms with van der Waals surface area (Å²) in [6.45, 7) is 5.70. The molecule has 2 saturated heterocycles. The van der Waals surface area contributed by atoms with Crippen LogP contribution in [0.1, 0.15) is 49.7 Å². The largest absolute Gasteiger partial charge is 0.480 e. The molecule has 2 aromatic carbocycles. The first-order chi connectivity index (χ1) is 18.8. The van der Waals surface area contributed by atoms with Gasteiger partial charge in [-0.05, 0) is 31.5 Å². The molecule has 0 spiro atoms. The van der Waals surface area contributed by atoms with Crippen molar-refractivity contribution in [1.82, 2.24) is 15.5 Å². The van der Waals surface area contributed by atoms with Gasteiger partial charge in [0.1, 0.15) is 23.5 Å². The number of fused-ring (bicyclic) bond motifs is 1. The maximum Gasteiger partial charge on any atom is 0.327 e. The molecule has 2 aromatic rings. The van der Waals surface area contributed by atoms with Crippen LogP contribution in [0.25, 0.3) is 0 Å². The smallest absolute Gasteiger partial charge is 0.327 e. The molecule has 0 radical (unpaired) electrons. The number of hydrogen-bond donors (Lipinski definition) is 3. The van der Waals surface area contributed by atoms with Gasteiger partial charge in [-0.25, -0.2) is 4.79 Å². The van der Waals surface area contributed by atoms with E-state index in [2.05, 4.69) is 10.6 Å². The zero-order chi connectivity index (χ0) is 29.4. The second-order valence-electron chi connectivity index (χ2n) is 9.72. The molecule has 0 bridgehead atoms. The summed E-state index contributed by atoms with van der Waals surface area (Å²) in [4.78, 5) is 76.2. The zero-order valence-electron chi connectivity index (χ0n) is 22.0. The lowest BCUT2D eigenvalue weighted by molar-refractivity contribution is -0.161. The summed E-state index contributed by atoms with van der Waals surface area (Å²) in [7, 11) is 0. The van der Waals surface area contributed by atoms with Crippen LogP contribution in [0.5, 0.6) is 11.5 Å². The van der Waals surface area contributed by atoms with Crippen LogP contribution in [-0.2, 0) is 24.0 Å². The average Bonchev–Trinajstić information content (AvgIpc) is 3.14. The van der Waals surface area contributed by atoms with E-state index in [1.54, 1.807) is 44.2 Å². The molecule has 2 fully saturated rings. The minimum atomic E-state index is -1.28. The summed E-state index contributed by atoms with van der Waals surface area (Å²) in [6.07, 6.45) is 0. The molecule has 2 heterocycles. The summed E-state index contributed by atoms with van der Waals surface area (Å²) < 4.78 is 9.47. The van der Waals surface area contributed by atoms with Crippen molar-refractivity contribution in [1.29, 1.82) is 0 Å². The van der Waals surface area contributed by atoms with Gasteiger partial charge in [-0.3, -0.25) is 24.0 Å². The van der Waals surface area contributed by atoms with Gasteiger partial charge >= 0.3 is 17.9 Å². The van der Waals surface area contributed by atoms with Gasteiger partial charge in [-0.15, -0.1) is 11.8 Å². The third kappa shape index (κ3) is 5.50. The number of carboxylic acids is 1. The predicted molar refractivity (Wildman–Crippen MR) is 141 cm³/mol. The standard InChI is InChI=1S/C27H27N3O9S/c1-13(31)38-17-12-8-11-16(20(17)39-14(2)32)22(33)28-18(15-9-6-5-7-10-15)23(34)29-19-24(35)30-21(26(36)37)27(3,4)40-25(19)30/h5-12,18-19,21,25H,1-4H3,(H,28,33)(H,29,34)(H,36,37)/t18?,19-,21+,25-/m1/s1. The van der Waals surface area contributed by atoms with Crippen molar-refractivity contribution in [3.63, 3.8) is 0 Å². The number of amides is 3. The minimum Gasteiger partial charge on any atom is -0.480 e. The number of hydrogen-bond acceptors (Lipinski definition) is 9. The Morgan fingerprint density at radius 3 is 2.23 bits per heavy atom. The predicted octanol–water partition coefficient (Wildman–Crippen LogP) is 1.64. The van der Waals surface area contributed by atoms with Crippen molar-refractivity contribution >= 4 is 47.4 Å². The Morgan fingerprint density at radius 1 is 0.975 bits per heavy atom. The molecule has 0 aliphatic carbocycles. The van der Waals surface area contributed by atoms with Gasteiger partial charge in [0.2, 0.25) is 11.8 Å². The van der Waals surface area contributed by atoms with Crippen LogP contribution in [0.15, 0.2) is 48.5 Å². The van der Waals surface area contributed by atoms with E-state index < -0.39 is 63.9 Å². The minimum absolute atomic E-state index is 0.162. The Labute approximate surface area is 233 Å². The molecule has 0 aromatic heterocycles. The van der Waals surface area contributed by atoms with E-state index in [1.807, 2.05) is 0 Å². The highest BCUT2D eigenvalue weighted by Crippen LogP contribution is 2.50. The zero-order valence-corrected chi connectivity index (χ0v) is 22.8. The van der Waals surface area contributed by atoms with Crippen molar-refractivity contribution < 1.29 is 43.3 Å². The molecule has 4 rings (SSSR count). The van der Waals surface area contributed by atoms with E-state index in [-0.39, 0.29) is 17.1 Å². The Morgan fingerprint density at radius 2 is 1.62 bits per heavy atom. The third-order valence-corrected chi connectivity index (χ3v) is 7.94. The highest BCUT2D eigenvalue weighted by Gasteiger charge is 2.64. The summed E-state index contributed by atoms with van der Waals surface area (Å²) >= 11 is 1.27. The van der Waals surface area contributed by atoms with Gasteiger partial charge in [-0.1, -0.05) is 36.4 Å². The molecule has 1 unspecified atom stereocenters. The van der Waals surface area contributed by atoms with Gasteiger partial charge < -0.3 is 30.1 Å². The van der Waals surface area contributed by atoms with Gasteiger partial charge in [0.15, 0.2) is 11.5 Å². The molecule has 210 valence electrons. The highest BCUT2D eigenvalue weighted by atomic mass is 32.2. The molecule has 12 nitrogen and oxygen atoms in total. The maximum atomic E-state index is 13.5. The number of carboxylic acid groups (broad SMARTS) is 1. The second kappa shape index (κ2) is 11.0. The lowest BCUT2D eigenvalue weighted by Gasteiger charge is -2.44. The second-order valence-corrected chi connectivity index (χ2v) is 11.5. The van der Waals surface area contributed by atoms with Crippen LogP contribution >= 0.6 is 11.8 Å². The summed E-state index contributed by atoms with van der Waals surface area (Å²) in [5.74, 6) is -5.13. The molecule has 3 amide bonds. The molecule has 40 heavy (non-hydrogen) atoms. The normalized spacial score (nSPS) is 21.4. The molecular weight excluding hydrogens is 542 g/mol.